The molecule has 0 saturated heterocycles. The number of para-hydroxylation sites is 1. The molecule has 0 unspecified atom stereocenters. The molecular weight excluding hydrogens is 236 g/mol. The molecule has 3 aromatic rings. The van der Waals surface area contributed by atoms with Crippen molar-refractivity contribution < 1.29 is 0 Å². The molecule has 1 aromatic carbocycles. The minimum Gasteiger partial charge on any atom is -0.382 e. The molecule has 0 atom stereocenters. The highest BCUT2D eigenvalue weighted by Gasteiger charge is 2.21. The van der Waals surface area contributed by atoms with Crippen LogP contribution in [0.15, 0.2) is 30.3 Å². The normalized spacial score (nSPS) is 14.7. The Bertz CT molecular complexity index is 736. The molecule has 0 aliphatic heterocycles. The van der Waals surface area contributed by atoms with Gasteiger partial charge in [-0.15, -0.1) is 5.10 Å². The predicted molar refractivity (Wildman–Crippen MR) is 76.5 cm³/mol. The van der Waals surface area contributed by atoms with Crippen molar-refractivity contribution in [3.8, 4) is 5.69 Å². The second-order valence-electron chi connectivity index (χ2n) is 5.15. The number of hydrogen-bond donors (Lipinski definition) is 2. The van der Waals surface area contributed by atoms with E-state index in [1.807, 2.05) is 35.0 Å². The van der Waals surface area contributed by atoms with E-state index in [0.29, 0.717) is 5.82 Å². The minimum atomic E-state index is 0.637. The highest BCUT2D eigenvalue weighted by molar-refractivity contribution is 5.92. The van der Waals surface area contributed by atoms with Gasteiger partial charge in [-0.25, -0.2) is 4.68 Å². The third-order valence-corrected chi connectivity index (χ3v) is 3.95. The Balaban J connectivity index is 2.01. The monoisotopic (exact) mass is 252 g/mol. The molecule has 4 nitrogen and oxygen atoms in total. The second-order valence-corrected chi connectivity index (χ2v) is 5.15. The van der Waals surface area contributed by atoms with Crippen LogP contribution in [-0.2, 0) is 12.8 Å². The average molecular weight is 252 g/mol. The Morgan fingerprint density at radius 3 is 2.74 bits per heavy atom. The number of nitrogens with zero attached hydrogens (tertiary/aromatic N) is 2. The van der Waals surface area contributed by atoms with Crippen molar-refractivity contribution in [2.24, 2.45) is 0 Å². The van der Waals surface area contributed by atoms with Gasteiger partial charge in [0.05, 0.1) is 11.1 Å². The van der Waals surface area contributed by atoms with Crippen LogP contribution in [0.3, 0.4) is 0 Å². The van der Waals surface area contributed by atoms with Crippen molar-refractivity contribution in [3.63, 3.8) is 0 Å². The molecule has 4 rings (SSSR count). The number of aromatic nitrogens is 3. The summed E-state index contributed by atoms with van der Waals surface area (Å²) >= 11 is 0. The fourth-order valence-corrected chi connectivity index (χ4v) is 3.07. The average Bonchev–Trinajstić information content (AvgIpc) is 2.98. The number of nitrogens with one attached hydrogen (secondary N) is 1. The number of nitrogens with two attached hydrogens (primary N) is 1. The van der Waals surface area contributed by atoms with Gasteiger partial charge in [0.15, 0.2) is 5.82 Å². The van der Waals surface area contributed by atoms with E-state index in [0.717, 1.165) is 29.6 Å². The van der Waals surface area contributed by atoms with Gasteiger partial charge in [0.25, 0.3) is 0 Å². The van der Waals surface area contributed by atoms with Gasteiger partial charge in [-0.2, -0.15) is 0 Å². The van der Waals surface area contributed by atoms with Crippen LogP contribution in [0.25, 0.3) is 16.7 Å². The quantitative estimate of drug-likeness (QED) is 0.699. The first kappa shape index (κ1) is 10.7. The molecule has 96 valence electrons. The fourth-order valence-electron chi connectivity index (χ4n) is 3.07. The van der Waals surface area contributed by atoms with Crippen LogP contribution >= 0.6 is 0 Å². The molecule has 4 heteroatoms. The van der Waals surface area contributed by atoms with E-state index in [9.17, 15) is 0 Å². The zero-order valence-corrected chi connectivity index (χ0v) is 10.7. The number of rotatable bonds is 1. The van der Waals surface area contributed by atoms with Gasteiger partial charge < -0.3 is 10.7 Å². The van der Waals surface area contributed by atoms with Crippen molar-refractivity contribution in [2.75, 3.05) is 5.73 Å². The summed E-state index contributed by atoms with van der Waals surface area (Å²) in [6, 6.07) is 10.1. The summed E-state index contributed by atoms with van der Waals surface area (Å²) in [4.78, 5) is 3.52. The Labute approximate surface area is 111 Å². The van der Waals surface area contributed by atoms with Crippen LogP contribution < -0.4 is 5.73 Å². The Morgan fingerprint density at radius 2 is 1.89 bits per heavy atom. The maximum atomic E-state index is 6.13. The van der Waals surface area contributed by atoms with E-state index < -0.39 is 0 Å². The lowest BCUT2D eigenvalue weighted by atomic mass is 9.96. The maximum absolute atomic E-state index is 6.13. The highest BCUT2D eigenvalue weighted by atomic mass is 15.3. The molecule has 0 bridgehead atoms. The molecule has 3 N–H and O–H groups in total. The minimum absolute atomic E-state index is 0.637. The molecule has 1 aliphatic carbocycles. The summed E-state index contributed by atoms with van der Waals surface area (Å²) in [7, 11) is 0. The van der Waals surface area contributed by atoms with Crippen LogP contribution in [0.5, 0.6) is 0 Å². The van der Waals surface area contributed by atoms with Crippen LogP contribution in [0.4, 0.5) is 5.82 Å². The number of nitrogen functional groups attached to an aromatic ring is 1. The Morgan fingerprint density at radius 1 is 1.11 bits per heavy atom. The lowest BCUT2D eigenvalue weighted by molar-refractivity contribution is 0.678. The largest absolute Gasteiger partial charge is 0.382 e. The zero-order valence-electron chi connectivity index (χ0n) is 10.7. The molecular formula is C15H16N4. The summed E-state index contributed by atoms with van der Waals surface area (Å²) in [5.74, 6) is 0.637. The molecule has 0 saturated carbocycles. The SMILES string of the molecule is Nc1nn(-c2ccccc2)c2[nH]c3c(c12)CCCC3. The Hall–Kier alpha value is -2.23. The van der Waals surface area contributed by atoms with Crippen LogP contribution in [0, 0.1) is 0 Å². The van der Waals surface area contributed by atoms with Crippen molar-refractivity contribution in [2.45, 2.75) is 25.7 Å². The van der Waals surface area contributed by atoms with E-state index in [2.05, 4.69) is 10.1 Å². The van der Waals surface area contributed by atoms with Crippen molar-refractivity contribution in [1.82, 2.24) is 14.8 Å². The van der Waals surface area contributed by atoms with E-state index in [1.54, 1.807) is 0 Å². The first-order valence-electron chi connectivity index (χ1n) is 6.78. The molecule has 0 fully saturated rings. The van der Waals surface area contributed by atoms with Gasteiger partial charge in [0, 0.05) is 5.69 Å². The number of hydrogen-bond acceptors (Lipinski definition) is 2. The van der Waals surface area contributed by atoms with Gasteiger partial charge >= 0.3 is 0 Å². The van der Waals surface area contributed by atoms with E-state index >= 15 is 0 Å². The van der Waals surface area contributed by atoms with E-state index in [1.165, 1.54) is 24.1 Å². The maximum Gasteiger partial charge on any atom is 0.155 e. The van der Waals surface area contributed by atoms with Gasteiger partial charge in [-0.1, -0.05) is 18.2 Å². The lowest BCUT2D eigenvalue weighted by Gasteiger charge is -2.10. The number of fused-ring (bicyclic) bond motifs is 3. The first-order chi connectivity index (χ1) is 9.34. The van der Waals surface area contributed by atoms with Crippen molar-refractivity contribution in [1.29, 1.82) is 0 Å². The first-order valence-corrected chi connectivity index (χ1v) is 6.78. The second kappa shape index (κ2) is 3.88. The van der Waals surface area contributed by atoms with Gasteiger partial charge in [-0.05, 0) is 43.4 Å². The molecule has 0 radical (unpaired) electrons. The standard InChI is InChI=1S/C15H16N4/c16-14-13-11-8-4-5-9-12(11)17-15(13)19(18-14)10-6-2-1-3-7-10/h1-3,6-7,17H,4-5,8-9H2,(H2,16,18). The van der Waals surface area contributed by atoms with E-state index in [4.69, 9.17) is 5.73 Å². The predicted octanol–water partition coefficient (Wildman–Crippen LogP) is 2.81. The molecule has 19 heavy (non-hydrogen) atoms. The molecule has 2 aromatic heterocycles. The molecule has 2 heterocycles. The van der Waals surface area contributed by atoms with Crippen LogP contribution in [-0.4, -0.2) is 14.8 Å². The van der Waals surface area contributed by atoms with Gasteiger partial charge in [0.1, 0.15) is 5.65 Å². The number of aromatic amines is 1. The third kappa shape index (κ3) is 1.49. The highest BCUT2D eigenvalue weighted by Crippen LogP contribution is 2.33. The zero-order chi connectivity index (χ0) is 12.8. The summed E-state index contributed by atoms with van der Waals surface area (Å²) in [5.41, 5.74) is 10.9. The summed E-state index contributed by atoms with van der Waals surface area (Å²) < 4.78 is 1.92. The summed E-state index contributed by atoms with van der Waals surface area (Å²) in [6.07, 6.45) is 4.74. The summed E-state index contributed by atoms with van der Waals surface area (Å²) in [6.45, 7) is 0. The van der Waals surface area contributed by atoms with Crippen molar-refractivity contribution >= 4 is 16.9 Å². The third-order valence-electron chi connectivity index (χ3n) is 3.95. The van der Waals surface area contributed by atoms with Crippen molar-refractivity contribution in [3.05, 3.63) is 41.6 Å². The van der Waals surface area contributed by atoms with Crippen LogP contribution in [0.1, 0.15) is 24.1 Å². The number of benzene rings is 1. The fraction of sp³-hybridized carbons (Fsp3) is 0.267. The number of H-pyrrole nitrogens is 1. The molecule has 1 aliphatic rings. The summed E-state index contributed by atoms with van der Waals surface area (Å²) in [5, 5.41) is 5.61. The lowest BCUT2D eigenvalue weighted by Crippen LogP contribution is -2.02. The number of aryl methyl sites for hydroxylation is 2. The number of anilines is 1. The smallest absolute Gasteiger partial charge is 0.155 e. The topological polar surface area (TPSA) is 59.6 Å². The Kier molecular flexibility index (Phi) is 2.18. The van der Waals surface area contributed by atoms with Gasteiger partial charge in [0.2, 0.25) is 0 Å². The molecule has 0 amide bonds. The van der Waals surface area contributed by atoms with E-state index in [-0.39, 0.29) is 0 Å². The van der Waals surface area contributed by atoms with Gasteiger partial charge in [-0.3, -0.25) is 0 Å². The van der Waals surface area contributed by atoms with Crippen LogP contribution in [0.2, 0.25) is 0 Å². The molecule has 0 spiro atoms.